The van der Waals surface area contributed by atoms with Crippen molar-refractivity contribution in [2.24, 2.45) is 0 Å². The third kappa shape index (κ3) is 5.90. The van der Waals surface area contributed by atoms with Gasteiger partial charge in [-0.3, -0.25) is 0 Å². The summed E-state index contributed by atoms with van der Waals surface area (Å²) in [5, 5.41) is 0. The van der Waals surface area contributed by atoms with Gasteiger partial charge in [-0.15, -0.1) is 0 Å². The van der Waals surface area contributed by atoms with Gasteiger partial charge < -0.3 is 0 Å². The van der Waals surface area contributed by atoms with Gasteiger partial charge in [-0.2, -0.15) is 0 Å². The number of rotatable bonds is 4. The molecule has 0 nitrogen and oxygen atoms in total. The average Bonchev–Trinajstić information content (AvgIpc) is 2.03. The van der Waals surface area contributed by atoms with Crippen LogP contribution in [0.1, 0.15) is 33.6 Å². The maximum absolute atomic E-state index is 12.5. The fourth-order valence-corrected chi connectivity index (χ4v) is 0.656. The maximum Gasteiger partial charge on any atom is 0.0997 e. The van der Waals surface area contributed by atoms with E-state index < -0.39 is 0 Å². The third-order valence-electron chi connectivity index (χ3n) is 1.59. The van der Waals surface area contributed by atoms with Gasteiger partial charge in [-0.1, -0.05) is 37.6 Å². The summed E-state index contributed by atoms with van der Waals surface area (Å²) >= 11 is 0. The second-order valence-corrected chi connectivity index (χ2v) is 2.79. The standard InChI is InChI=1S/C11H17F/c1-4-5-6-7-8-9-10(2)11(3)12/h6-9H,4-5H2,1-3H3/b7-6+,9-8-,11-10+. The Bertz CT molecular complexity index is 193. The van der Waals surface area contributed by atoms with Crippen LogP contribution in [0.3, 0.4) is 0 Å². The van der Waals surface area contributed by atoms with E-state index >= 15 is 0 Å². The summed E-state index contributed by atoms with van der Waals surface area (Å²) in [6.45, 7) is 5.36. The van der Waals surface area contributed by atoms with Gasteiger partial charge in [0.2, 0.25) is 0 Å². The van der Waals surface area contributed by atoms with Crippen LogP contribution >= 0.6 is 0 Å². The predicted octanol–water partition coefficient (Wildman–Crippen LogP) is 4.16. The Morgan fingerprint density at radius 3 is 2.42 bits per heavy atom. The van der Waals surface area contributed by atoms with Crippen LogP contribution in [-0.2, 0) is 0 Å². The highest BCUT2D eigenvalue weighted by molar-refractivity contribution is 5.21. The monoisotopic (exact) mass is 168 g/mol. The lowest BCUT2D eigenvalue weighted by Crippen LogP contribution is -1.70. The molecule has 1 heteroatoms. The average molecular weight is 168 g/mol. The summed E-state index contributed by atoms with van der Waals surface area (Å²) in [6, 6.07) is 0. The maximum atomic E-state index is 12.5. The first-order valence-corrected chi connectivity index (χ1v) is 4.34. The molecule has 0 aromatic carbocycles. The molecule has 0 atom stereocenters. The molecule has 0 saturated heterocycles. The van der Waals surface area contributed by atoms with Gasteiger partial charge in [0.1, 0.15) is 0 Å². The van der Waals surface area contributed by atoms with E-state index in [-0.39, 0.29) is 5.83 Å². The van der Waals surface area contributed by atoms with Crippen molar-refractivity contribution >= 4 is 0 Å². The van der Waals surface area contributed by atoms with Crippen molar-refractivity contribution in [3.8, 4) is 0 Å². The molecule has 0 aromatic heterocycles. The molecule has 68 valence electrons. The summed E-state index contributed by atoms with van der Waals surface area (Å²) in [5.74, 6) is -0.116. The van der Waals surface area contributed by atoms with Crippen molar-refractivity contribution in [1.29, 1.82) is 0 Å². The fraction of sp³-hybridized carbons (Fsp3) is 0.455. The van der Waals surface area contributed by atoms with Crippen molar-refractivity contribution < 1.29 is 4.39 Å². The predicted molar refractivity (Wildman–Crippen MR) is 52.7 cm³/mol. The summed E-state index contributed by atoms with van der Waals surface area (Å²) in [6.07, 6.45) is 9.92. The molecule has 0 amide bonds. The SMILES string of the molecule is CCC/C=C/C=C\C(C)=C(/C)F. The number of halogens is 1. The van der Waals surface area contributed by atoms with Gasteiger partial charge >= 0.3 is 0 Å². The Balaban J connectivity index is 3.84. The minimum atomic E-state index is -0.116. The second-order valence-electron chi connectivity index (χ2n) is 2.79. The number of unbranched alkanes of at least 4 members (excludes halogenated alkanes) is 1. The van der Waals surface area contributed by atoms with Crippen LogP contribution in [0.2, 0.25) is 0 Å². The van der Waals surface area contributed by atoms with Gasteiger partial charge in [-0.25, -0.2) is 4.39 Å². The zero-order valence-corrected chi connectivity index (χ0v) is 8.10. The third-order valence-corrected chi connectivity index (χ3v) is 1.59. The van der Waals surface area contributed by atoms with Crippen molar-refractivity contribution in [1.82, 2.24) is 0 Å². The highest BCUT2D eigenvalue weighted by atomic mass is 19.1. The van der Waals surface area contributed by atoms with Gasteiger partial charge in [0.15, 0.2) is 0 Å². The molecule has 0 aromatic rings. The number of hydrogen-bond donors (Lipinski definition) is 0. The molecular formula is C11H17F. The Hall–Kier alpha value is -0.850. The van der Waals surface area contributed by atoms with Crippen LogP contribution in [0, 0.1) is 0 Å². The molecule has 0 saturated carbocycles. The Labute approximate surface area is 74.5 Å². The van der Waals surface area contributed by atoms with E-state index in [9.17, 15) is 4.39 Å². The van der Waals surface area contributed by atoms with Crippen molar-refractivity contribution in [2.75, 3.05) is 0 Å². The minimum absolute atomic E-state index is 0.116. The largest absolute Gasteiger partial charge is 0.212 e. The van der Waals surface area contributed by atoms with E-state index in [0.717, 1.165) is 12.8 Å². The summed E-state index contributed by atoms with van der Waals surface area (Å²) in [7, 11) is 0. The van der Waals surface area contributed by atoms with Crippen molar-refractivity contribution in [2.45, 2.75) is 33.6 Å². The van der Waals surface area contributed by atoms with Gasteiger partial charge in [0.05, 0.1) is 5.83 Å². The molecule has 12 heavy (non-hydrogen) atoms. The first-order chi connectivity index (χ1) is 5.68. The Morgan fingerprint density at radius 2 is 1.92 bits per heavy atom. The fourth-order valence-electron chi connectivity index (χ4n) is 0.656. The molecule has 0 rings (SSSR count). The minimum Gasteiger partial charge on any atom is -0.212 e. The van der Waals surface area contributed by atoms with E-state index in [1.54, 1.807) is 13.0 Å². The summed E-state index contributed by atoms with van der Waals surface area (Å²) < 4.78 is 12.5. The van der Waals surface area contributed by atoms with Crippen LogP contribution in [0.25, 0.3) is 0 Å². The molecule has 0 aliphatic heterocycles. The normalized spacial score (nSPS) is 14.3. The molecular weight excluding hydrogens is 151 g/mol. The molecule has 0 aliphatic carbocycles. The topological polar surface area (TPSA) is 0 Å². The number of hydrogen-bond acceptors (Lipinski definition) is 0. The van der Waals surface area contributed by atoms with Crippen LogP contribution < -0.4 is 0 Å². The lowest BCUT2D eigenvalue weighted by atomic mass is 10.2. The summed E-state index contributed by atoms with van der Waals surface area (Å²) in [5.41, 5.74) is 0.691. The van der Waals surface area contributed by atoms with E-state index in [4.69, 9.17) is 0 Å². The molecule has 0 aliphatic rings. The zero-order chi connectivity index (χ0) is 9.40. The lowest BCUT2D eigenvalue weighted by molar-refractivity contribution is 0.631. The quantitative estimate of drug-likeness (QED) is 0.553. The number of allylic oxidation sites excluding steroid dienone is 6. The van der Waals surface area contributed by atoms with Crippen LogP contribution in [0.15, 0.2) is 35.7 Å². The first-order valence-electron chi connectivity index (χ1n) is 4.34. The Kier molecular flexibility index (Phi) is 6.35. The van der Waals surface area contributed by atoms with Crippen LogP contribution in [0.4, 0.5) is 4.39 Å². The smallest absolute Gasteiger partial charge is 0.0997 e. The van der Waals surface area contributed by atoms with E-state index in [0.29, 0.717) is 5.57 Å². The van der Waals surface area contributed by atoms with E-state index in [1.807, 2.05) is 12.2 Å². The zero-order valence-electron chi connectivity index (χ0n) is 8.10. The molecule has 0 heterocycles. The van der Waals surface area contributed by atoms with E-state index in [1.165, 1.54) is 6.92 Å². The van der Waals surface area contributed by atoms with Crippen molar-refractivity contribution in [3.63, 3.8) is 0 Å². The van der Waals surface area contributed by atoms with Gasteiger partial charge in [0.25, 0.3) is 0 Å². The molecule has 0 N–H and O–H groups in total. The molecule has 0 unspecified atom stereocenters. The Morgan fingerprint density at radius 1 is 1.25 bits per heavy atom. The van der Waals surface area contributed by atoms with Crippen LogP contribution in [0.5, 0.6) is 0 Å². The molecule has 0 radical (unpaired) electrons. The summed E-state index contributed by atoms with van der Waals surface area (Å²) in [4.78, 5) is 0. The first kappa shape index (κ1) is 11.2. The molecule has 0 bridgehead atoms. The molecule has 0 fully saturated rings. The van der Waals surface area contributed by atoms with Crippen molar-refractivity contribution in [3.05, 3.63) is 35.7 Å². The van der Waals surface area contributed by atoms with Gasteiger partial charge in [0, 0.05) is 0 Å². The lowest BCUT2D eigenvalue weighted by Gasteiger charge is -1.89. The second kappa shape index (κ2) is 6.84. The highest BCUT2D eigenvalue weighted by Gasteiger charge is 1.86. The highest BCUT2D eigenvalue weighted by Crippen LogP contribution is 2.05. The van der Waals surface area contributed by atoms with E-state index in [2.05, 4.69) is 13.0 Å². The van der Waals surface area contributed by atoms with Crippen LogP contribution in [-0.4, -0.2) is 0 Å². The molecule has 0 spiro atoms. The van der Waals surface area contributed by atoms with Gasteiger partial charge in [-0.05, 0) is 25.8 Å².